The van der Waals surface area contributed by atoms with E-state index in [0.717, 1.165) is 12.8 Å². The SMILES string of the molecule is COc1nn(C2CC(OP(O)(O)=S)C[C@H]2OP(S)OCC2CCC(n3cnc4c3N=CN(C)C4N)O2)c2ncnc(N)c12. The summed E-state index contributed by atoms with van der Waals surface area (Å²) in [5, 5.41) is 5.01. The van der Waals surface area contributed by atoms with Crippen LogP contribution in [-0.2, 0) is 30.1 Å². The van der Waals surface area contributed by atoms with Crippen LogP contribution in [-0.4, -0.2) is 89.4 Å². The Morgan fingerprint density at radius 2 is 2.07 bits per heavy atom. The Labute approximate surface area is 257 Å². The zero-order valence-electron chi connectivity index (χ0n) is 23.1. The highest BCUT2D eigenvalue weighted by Crippen LogP contribution is 2.52. The van der Waals surface area contributed by atoms with E-state index >= 15 is 0 Å². The minimum Gasteiger partial charge on any atom is -0.479 e. The van der Waals surface area contributed by atoms with Gasteiger partial charge >= 0.3 is 6.72 Å². The molecule has 0 bridgehead atoms. The van der Waals surface area contributed by atoms with E-state index in [0.29, 0.717) is 29.0 Å². The summed E-state index contributed by atoms with van der Waals surface area (Å²) >= 11 is 9.30. The van der Waals surface area contributed by atoms with Gasteiger partial charge in [0.2, 0.25) is 13.5 Å². The molecule has 3 aromatic rings. The van der Waals surface area contributed by atoms with Crippen molar-refractivity contribution in [1.82, 2.24) is 34.2 Å². The lowest BCUT2D eigenvalue weighted by molar-refractivity contribution is -0.0176. The second-order valence-electron chi connectivity index (χ2n) is 10.4. The van der Waals surface area contributed by atoms with Crippen LogP contribution in [0.5, 0.6) is 5.88 Å². The van der Waals surface area contributed by atoms with Gasteiger partial charge in [-0.1, -0.05) is 12.2 Å². The monoisotopic (exact) mass is 674 g/mol. The second-order valence-corrected chi connectivity index (χ2v) is 14.9. The molecule has 1 saturated heterocycles. The second kappa shape index (κ2) is 12.4. The molecule has 1 saturated carbocycles. The topological polar surface area (TPSA) is 216 Å². The molecule has 234 valence electrons. The largest absolute Gasteiger partial charge is 0.479 e. The number of rotatable bonds is 10. The molecule has 2 fully saturated rings. The van der Waals surface area contributed by atoms with E-state index in [1.165, 1.54) is 13.4 Å². The van der Waals surface area contributed by atoms with Gasteiger partial charge in [-0.25, -0.2) is 24.6 Å². The van der Waals surface area contributed by atoms with E-state index in [1.807, 2.05) is 11.6 Å². The molecule has 0 aromatic carbocycles. The molecule has 1 aliphatic carbocycles. The van der Waals surface area contributed by atoms with Gasteiger partial charge in [-0.3, -0.25) is 4.57 Å². The normalized spacial score (nSPS) is 28.1. The summed E-state index contributed by atoms with van der Waals surface area (Å²) in [6.45, 7) is -3.67. The predicted octanol–water partition coefficient (Wildman–Crippen LogP) is 2.04. The Balaban J connectivity index is 1.12. The molecular weight excluding hydrogens is 642 g/mol. The first-order chi connectivity index (χ1) is 20.5. The van der Waals surface area contributed by atoms with Gasteiger partial charge in [0.25, 0.3) is 0 Å². The fraction of sp³-hybridized carbons (Fsp3) is 0.591. The van der Waals surface area contributed by atoms with Crippen molar-refractivity contribution in [2.45, 2.75) is 62.4 Å². The Morgan fingerprint density at radius 3 is 2.84 bits per heavy atom. The number of thiol groups is 1. The molecule has 0 amide bonds. The zero-order chi connectivity index (χ0) is 30.5. The van der Waals surface area contributed by atoms with E-state index in [1.54, 1.807) is 22.2 Å². The third kappa shape index (κ3) is 6.39. The Hall–Kier alpha value is -2.02. The summed E-state index contributed by atoms with van der Waals surface area (Å²) < 4.78 is 32.8. The van der Waals surface area contributed by atoms with Crippen molar-refractivity contribution in [3.63, 3.8) is 0 Å². The summed E-state index contributed by atoms with van der Waals surface area (Å²) in [7, 11) is 1.64. The van der Waals surface area contributed by atoms with Gasteiger partial charge in [0.05, 0.1) is 50.7 Å². The van der Waals surface area contributed by atoms with Gasteiger partial charge in [0, 0.05) is 13.5 Å². The van der Waals surface area contributed by atoms with Gasteiger partial charge in [-0.05, 0) is 31.1 Å². The van der Waals surface area contributed by atoms with Crippen LogP contribution in [0.4, 0.5) is 11.6 Å². The number of ether oxygens (including phenoxy) is 2. The molecule has 5 heterocycles. The van der Waals surface area contributed by atoms with Crippen LogP contribution >= 0.6 is 26.5 Å². The molecule has 43 heavy (non-hydrogen) atoms. The number of anilines is 1. The first-order valence-corrected chi connectivity index (χ1v) is 18.3. The van der Waals surface area contributed by atoms with Crippen LogP contribution in [0.2, 0.25) is 0 Å². The van der Waals surface area contributed by atoms with Gasteiger partial charge in [-0.15, -0.1) is 5.10 Å². The van der Waals surface area contributed by atoms with Crippen LogP contribution in [0, 0.1) is 0 Å². The summed E-state index contributed by atoms with van der Waals surface area (Å²) in [6.07, 6.45) is 4.82. The molecule has 0 spiro atoms. The number of fused-ring (bicyclic) bond motifs is 2. The average Bonchev–Trinajstić information content (AvgIpc) is 3.73. The maximum Gasteiger partial charge on any atom is 0.322 e. The molecule has 7 atom stereocenters. The van der Waals surface area contributed by atoms with Crippen LogP contribution in [0.1, 0.15) is 49.8 Å². The average molecular weight is 675 g/mol. The van der Waals surface area contributed by atoms with E-state index in [-0.39, 0.29) is 43.2 Å². The number of nitrogens with zero attached hydrogens (tertiary/aromatic N) is 8. The molecule has 21 heteroatoms. The van der Waals surface area contributed by atoms with Crippen molar-refractivity contribution in [1.29, 1.82) is 0 Å². The minimum atomic E-state index is -3.93. The third-order valence-electron chi connectivity index (χ3n) is 7.58. The number of aliphatic imine (C=N–C) groups is 1. The number of nitrogen functional groups attached to an aromatic ring is 1. The number of hydrogen-bond donors (Lipinski definition) is 5. The highest BCUT2D eigenvalue weighted by molar-refractivity contribution is 8.41. The summed E-state index contributed by atoms with van der Waals surface area (Å²) in [5.74, 6) is 1.15. The van der Waals surface area contributed by atoms with Crippen molar-refractivity contribution >= 4 is 67.4 Å². The quantitative estimate of drug-likeness (QED) is 0.154. The van der Waals surface area contributed by atoms with Crippen LogP contribution in [0.15, 0.2) is 17.6 Å². The lowest BCUT2D eigenvalue weighted by Gasteiger charge is -2.25. The maximum atomic E-state index is 9.81. The van der Waals surface area contributed by atoms with Crippen molar-refractivity contribution in [3.05, 3.63) is 18.3 Å². The van der Waals surface area contributed by atoms with Crippen LogP contribution in [0.25, 0.3) is 11.0 Å². The first kappa shape index (κ1) is 31.0. The molecule has 6 rings (SSSR count). The van der Waals surface area contributed by atoms with Gasteiger partial charge in [0.1, 0.15) is 35.6 Å². The predicted molar refractivity (Wildman–Crippen MR) is 163 cm³/mol. The number of imidazole rings is 1. The van der Waals surface area contributed by atoms with Crippen molar-refractivity contribution in [2.75, 3.05) is 26.5 Å². The zero-order valence-corrected chi connectivity index (χ0v) is 26.6. The lowest BCUT2D eigenvalue weighted by atomic mass is 10.2. The van der Waals surface area contributed by atoms with E-state index in [4.69, 9.17) is 46.3 Å². The number of methoxy groups -OCH3 is 1. The van der Waals surface area contributed by atoms with E-state index < -0.39 is 32.5 Å². The van der Waals surface area contributed by atoms with Crippen molar-refractivity contribution in [3.8, 4) is 5.88 Å². The maximum absolute atomic E-state index is 9.81. The summed E-state index contributed by atoms with van der Waals surface area (Å²) in [5.41, 5.74) is 13.4. The molecule has 3 aromatic heterocycles. The number of aromatic nitrogens is 6. The highest BCUT2D eigenvalue weighted by atomic mass is 32.7. The van der Waals surface area contributed by atoms with Crippen molar-refractivity contribution in [2.24, 2.45) is 10.7 Å². The minimum absolute atomic E-state index is 0.198. The number of hydrogen-bond acceptors (Lipinski definition) is 15. The molecule has 0 radical (unpaired) electrons. The molecule has 2 aliphatic heterocycles. The fourth-order valence-corrected chi connectivity index (χ4v) is 7.86. The standard InChI is InChI=1S/C22H32N10O7P2S2/c1-30-9-28-21-17(19(30)24)27-10-31(21)15-4-3-11(37-15)7-36-40(42)38-14-6-12(39-41(33,34)43)5-13(14)32-20-16(22(29-32)35-2)18(23)25-8-26-20/h8-15,19,42H,3-7,24H2,1-2H3,(H2,23,25,26)(H2,33,34,43)/t11?,12?,13?,14-,15?,19?,40?/m1/s1. The van der Waals surface area contributed by atoms with E-state index in [9.17, 15) is 9.79 Å². The Bertz CT molecular complexity index is 1560. The molecular formula is C22H32N10O7P2S2. The smallest absolute Gasteiger partial charge is 0.322 e. The highest BCUT2D eigenvalue weighted by Gasteiger charge is 2.42. The molecule has 6 N–H and O–H groups in total. The van der Waals surface area contributed by atoms with E-state index in [2.05, 4.69) is 37.3 Å². The Morgan fingerprint density at radius 1 is 1.26 bits per heavy atom. The van der Waals surface area contributed by atoms with Crippen LogP contribution in [0.3, 0.4) is 0 Å². The summed E-state index contributed by atoms with van der Waals surface area (Å²) in [4.78, 5) is 38.7. The number of nitrogens with two attached hydrogens (primary N) is 2. The molecule has 3 aliphatic rings. The Kier molecular flexibility index (Phi) is 8.94. The van der Waals surface area contributed by atoms with Gasteiger partial charge in [0.15, 0.2) is 11.5 Å². The third-order valence-corrected chi connectivity index (χ3v) is 9.86. The van der Waals surface area contributed by atoms with Crippen LogP contribution < -0.4 is 16.2 Å². The van der Waals surface area contributed by atoms with Crippen molar-refractivity contribution < 1.29 is 32.8 Å². The van der Waals surface area contributed by atoms with Gasteiger partial charge in [-0.2, -0.15) is 0 Å². The lowest BCUT2D eigenvalue weighted by Crippen LogP contribution is -2.32. The fourth-order valence-electron chi connectivity index (χ4n) is 5.56. The van der Waals surface area contributed by atoms with Gasteiger partial charge < -0.3 is 49.2 Å². The molecule has 6 unspecified atom stereocenters. The molecule has 17 nitrogen and oxygen atoms in total. The summed E-state index contributed by atoms with van der Waals surface area (Å²) in [6, 6.07) is -0.460. The first-order valence-electron chi connectivity index (χ1n) is 13.3.